The van der Waals surface area contributed by atoms with Crippen LogP contribution in [0.4, 0.5) is 0 Å². The van der Waals surface area contributed by atoms with Gasteiger partial charge >= 0.3 is 5.97 Å². The molecule has 4 heteroatoms. The molecular formula is C11H13N2O2+. The average Bonchev–Trinajstić information content (AvgIpc) is 2.63. The molecule has 0 atom stereocenters. The van der Waals surface area contributed by atoms with E-state index in [1.54, 1.807) is 13.1 Å². The van der Waals surface area contributed by atoms with Crippen molar-refractivity contribution in [1.82, 2.24) is 4.98 Å². The molecule has 0 saturated carbocycles. The molecule has 2 aromatic rings. The first-order chi connectivity index (χ1) is 7.24. The molecule has 2 aromatic heterocycles. The van der Waals surface area contributed by atoms with Gasteiger partial charge in [-0.1, -0.05) is 6.07 Å². The predicted molar refractivity (Wildman–Crippen MR) is 54.6 cm³/mol. The molecule has 78 valence electrons. The number of hydrogen-bond donors (Lipinski definition) is 1. The van der Waals surface area contributed by atoms with Crippen molar-refractivity contribution in [1.29, 1.82) is 0 Å². The molecule has 0 bridgehead atoms. The van der Waals surface area contributed by atoms with E-state index in [-0.39, 0.29) is 5.97 Å². The van der Waals surface area contributed by atoms with Gasteiger partial charge in [0.25, 0.3) is 11.3 Å². The molecule has 0 radical (unpaired) electrons. The van der Waals surface area contributed by atoms with Crippen molar-refractivity contribution >= 4 is 11.6 Å². The zero-order valence-electron chi connectivity index (χ0n) is 8.78. The summed E-state index contributed by atoms with van der Waals surface area (Å²) < 4.78 is 6.81. The molecule has 0 aromatic carbocycles. The number of ether oxygens (including phenoxy) is 1. The van der Waals surface area contributed by atoms with Gasteiger partial charge in [-0.15, -0.1) is 0 Å². The van der Waals surface area contributed by atoms with Crippen molar-refractivity contribution in [3.05, 3.63) is 35.8 Å². The summed E-state index contributed by atoms with van der Waals surface area (Å²) in [7, 11) is 0. The lowest BCUT2D eigenvalue weighted by molar-refractivity contribution is -0.521. The molecule has 2 rings (SSSR count). The minimum Gasteiger partial charge on any atom is -0.460 e. The number of carbonyl (C=O) groups excluding carboxylic acids is 1. The van der Waals surface area contributed by atoms with Gasteiger partial charge in [0.2, 0.25) is 0 Å². The average molecular weight is 205 g/mol. The van der Waals surface area contributed by atoms with E-state index in [0.717, 1.165) is 11.3 Å². The molecular weight excluding hydrogens is 192 g/mol. The Kier molecular flexibility index (Phi) is 2.41. The van der Waals surface area contributed by atoms with Crippen LogP contribution in [0.1, 0.15) is 23.1 Å². The van der Waals surface area contributed by atoms with Gasteiger partial charge in [-0.05, 0) is 19.9 Å². The summed E-state index contributed by atoms with van der Waals surface area (Å²) in [4.78, 5) is 14.6. The zero-order chi connectivity index (χ0) is 10.8. The second-order valence-corrected chi connectivity index (χ2v) is 3.28. The number of aryl methyl sites for hydroxylation is 1. The third kappa shape index (κ3) is 1.58. The molecule has 4 nitrogen and oxygen atoms in total. The normalized spacial score (nSPS) is 10.5. The lowest BCUT2D eigenvalue weighted by Crippen LogP contribution is -2.31. The van der Waals surface area contributed by atoms with Crippen LogP contribution in [0.2, 0.25) is 0 Å². The van der Waals surface area contributed by atoms with Crippen molar-refractivity contribution in [3.8, 4) is 0 Å². The van der Waals surface area contributed by atoms with Gasteiger partial charge in [0.15, 0.2) is 0 Å². The highest BCUT2D eigenvalue weighted by atomic mass is 16.5. The summed E-state index contributed by atoms with van der Waals surface area (Å²) in [6, 6.07) is 5.80. The number of aromatic amines is 1. The first kappa shape index (κ1) is 9.71. The maximum absolute atomic E-state index is 11.6. The fraction of sp³-hybridized carbons (Fsp3) is 0.273. The van der Waals surface area contributed by atoms with Crippen LogP contribution in [-0.4, -0.2) is 17.6 Å². The van der Waals surface area contributed by atoms with E-state index in [9.17, 15) is 4.79 Å². The third-order valence-electron chi connectivity index (χ3n) is 2.27. The summed E-state index contributed by atoms with van der Waals surface area (Å²) in [5.41, 5.74) is 2.42. The number of hydrogen-bond acceptors (Lipinski definition) is 2. The van der Waals surface area contributed by atoms with Gasteiger partial charge in [-0.3, -0.25) is 0 Å². The van der Waals surface area contributed by atoms with Crippen molar-refractivity contribution < 1.29 is 13.9 Å². The molecule has 2 heterocycles. The first-order valence-corrected chi connectivity index (χ1v) is 4.90. The number of nitrogens with zero attached hydrogens (tertiary/aromatic N) is 1. The highest BCUT2D eigenvalue weighted by molar-refractivity contribution is 5.85. The highest BCUT2D eigenvalue weighted by Crippen LogP contribution is 2.02. The maximum atomic E-state index is 11.6. The Morgan fingerprint density at radius 2 is 2.33 bits per heavy atom. The second-order valence-electron chi connectivity index (χ2n) is 3.28. The monoisotopic (exact) mass is 205 g/mol. The fourth-order valence-corrected chi connectivity index (χ4v) is 1.61. The van der Waals surface area contributed by atoms with Crippen LogP contribution >= 0.6 is 0 Å². The van der Waals surface area contributed by atoms with Crippen molar-refractivity contribution in [2.45, 2.75) is 13.8 Å². The number of H-pyrrole nitrogens is 1. The van der Waals surface area contributed by atoms with E-state index in [2.05, 4.69) is 4.98 Å². The van der Waals surface area contributed by atoms with Crippen LogP contribution in [0.25, 0.3) is 5.65 Å². The van der Waals surface area contributed by atoms with Crippen LogP contribution < -0.4 is 4.40 Å². The number of carbonyl (C=O) groups is 1. The summed E-state index contributed by atoms with van der Waals surface area (Å²) in [6.07, 6.45) is 1.67. The Hall–Kier alpha value is -1.84. The van der Waals surface area contributed by atoms with Crippen LogP contribution in [0.3, 0.4) is 0 Å². The van der Waals surface area contributed by atoms with Crippen LogP contribution in [0, 0.1) is 6.92 Å². The van der Waals surface area contributed by atoms with Gasteiger partial charge in [-0.2, -0.15) is 4.40 Å². The van der Waals surface area contributed by atoms with Crippen molar-refractivity contribution in [3.63, 3.8) is 0 Å². The maximum Gasteiger partial charge on any atom is 0.382 e. The molecule has 1 N–H and O–H groups in total. The Bertz CT molecular complexity index is 502. The molecule has 0 aliphatic rings. The van der Waals surface area contributed by atoms with Gasteiger partial charge in [0, 0.05) is 6.07 Å². The van der Waals surface area contributed by atoms with Gasteiger partial charge in [0.05, 0.1) is 6.61 Å². The van der Waals surface area contributed by atoms with Crippen molar-refractivity contribution in [2.75, 3.05) is 6.61 Å². The van der Waals surface area contributed by atoms with E-state index in [0.29, 0.717) is 12.3 Å². The van der Waals surface area contributed by atoms with E-state index in [4.69, 9.17) is 4.74 Å². The molecule has 0 aliphatic carbocycles. The van der Waals surface area contributed by atoms with Crippen LogP contribution in [0.15, 0.2) is 24.4 Å². The summed E-state index contributed by atoms with van der Waals surface area (Å²) in [5.74, 6) is -0.303. The lowest BCUT2D eigenvalue weighted by Gasteiger charge is -1.98. The van der Waals surface area contributed by atoms with Crippen LogP contribution in [-0.2, 0) is 4.74 Å². The third-order valence-corrected chi connectivity index (χ3v) is 2.27. The molecule has 0 saturated heterocycles. The van der Waals surface area contributed by atoms with Gasteiger partial charge < -0.3 is 4.74 Å². The van der Waals surface area contributed by atoms with Gasteiger partial charge in [-0.25, -0.2) is 9.78 Å². The highest BCUT2D eigenvalue weighted by Gasteiger charge is 2.20. The Morgan fingerprint density at radius 1 is 1.53 bits per heavy atom. The van der Waals surface area contributed by atoms with Crippen LogP contribution in [0.5, 0.6) is 0 Å². The quantitative estimate of drug-likeness (QED) is 0.592. The summed E-state index contributed by atoms with van der Waals surface area (Å²) in [6.45, 7) is 4.13. The number of imidazole rings is 1. The lowest BCUT2D eigenvalue weighted by atomic mass is 10.3. The number of nitrogens with one attached hydrogen (secondary N) is 1. The summed E-state index contributed by atoms with van der Waals surface area (Å²) in [5, 5.41) is 0. The van der Waals surface area contributed by atoms with E-state index in [1.165, 1.54) is 0 Å². The minimum absolute atomic E-state index is 0.303. The van der Waals surface area contributed by atoms with Crippen molar-refractivity contribution in [2.24, 2.45) is 0 Å². The van der Waals surface area contributed by atoms with E-state index in [1.807, 2.05) is 29.5 Å². The molecule has 15 heavy (non-hydrogen) atoms. The SMILES string of the molecule is CCOC(=O)c1c[nH]c2cccc(C)[n+]12. The number of fused-ring (bicyclic) bond motifs is 1. The molecule has 0 aliphatic heterocycles. The molecule has 0 spiro atoms. The minimum atomic E-state index is -0.303. The number of aromatic nitrogens is 2. The topological polar surface area (TPSA) is 46.2 Å². The largest absolute Gasteiger partial charge is 0.460 e. The Labute approximate surface area is 87.5 Å². The molecule has 0 amide bonds. The zero-order valence-corrected chi connectivity index (χ0v) is 8.78. The van der Waals surface area contributed by atoms with E-state index >= 15 is 0 Å². The number of pyridine rings is 1. The Morgan fingerprint density at radius 3 is 3.07 bits per heavy atom. The molecule has 0 unspecified atom stereocenters. The number of rotatable bonds is 2. The standard InChI is InChI=1S/C11H12N2O2/c1-3-15-11(14)9-7-12-10-6-4-5-8(2)13(9)10/h4-7H,3H2,1-2H3/p+1. The molecule has 0 fully saturated rings. The summed E-state index contributed by atoms with van der Waals surface area (Å²) >= 11 is 0. The first-order valence-electron chi connectivity index (χ1n) is 4.90. The second kappa shape index (κ2) is 3.73. The fourth-order valence-electron chi connectivity index (χ4n) is 1.61. The number of esters is 1. The Balaban J connectivity index is 2.57. The van der Waals surface area contributed by atoms with E-state index < -0.39 is 0 Å². The predicted octanol–water partition coefficient (Wildman–Crippen LogP) is 1.24. The smallest absolute Gasteiger partial charge is 0.382 e. The van der Waals surface area contributed by atoms with Gasteiger partial charge in [0.1, 0.15) is 11.9 Å².